The van der Waals surface area contributed by atoms with Gasteiger partial charge in [-0.05, 0) is 41.8 Å². The number of nitrogens with zero attached hydrogens (tertiary/aromatic N) is 5. The minimum Gasteiger partial charge on any atom is -0.375 e. The lowest BCUT2D eigenvalue weighted by molar-refractivity contribution is -0.142. The highest BCUT2D eigenvalue weighted by atomic mass is 16.5. The monoisotopic (exact) mass is 343 g/mol. The van der Waals surface area contributed by atoms with E-state index in [1.54, 1.807) is 9.58 Å². The zero-order valence-corrected chi connectivity index (χ0v) is 15.1. The summed E-state index contributed by atoms with van der Waals surface area (Å²) in [6, 6.07) is 8.01. The molecule has 1 aliphatic carbocycles. The first-order chi connectivity index (χ1) is 12.1. The van der Waals surface area contributed by atoms with E-state index in [-0.39, 0.29) is 12.5 Å². The van der Waals surface area contributed by atoms with Gasteiger partial charge in [0.1, 0.15) is 12.1 Å². The third-order valence-electron chi connectivity index (χ3n) is 5.19. The zero-order chi connectivity index (χ0) is 17.9. The molecular formula is C18H25N5O2. The Hall–Kier alpha value is -2.28. The Bertz CT molecular complexity index is 737. The predicted octanol–water partition coefficient (Wildman–Crippen LogP) is 2.23. The molecule has 1 heterocycles. The number of hydrogen-bond donors (Lipinski definition) is 0. The van der Waals surface area contributed by atoms with Crippen molar-refractivity contribution in [2.75, 3.05) is 20.8 Å². The summed E-state index contributed by atoms with van der Waals surface area (Å²) in [5, 5.41) is 12.5. The van der Waals surface area contributed by atoms with Gasteiger partial charge in [-0.1, -0.05) is 37.5 Å². The lowest BCUT2D eigenvalue weighted by Gasteiger charge is -2.43. The lowest BCUT2D eigenvalue weighted by Crippen LogP contribution is -2.51. The van der Waals surface area contributed by atoms with Gasteiger partial charge in [-0.3, -0.25) is 4.79 Å². The summed E-state index contributed by atoms with van der Waals surface area (Å²) >= 11 is 0. The Labute approximate surface area is 148 Å². The topological polar surface area (TPSA) is 73.1 Å². The Balaban J connectivity index is 2.08. The van der Waals surface area contributed by atoms with Crippen molar-refractivity contribution < 1.29 is 9.53 Å². The predicted molar refractivity (Wildman–Crippen MR) is 93.3 cm³/mol. The van der Waals surface area contributed by atoms with E-state index in [2.05, 4.69) is 15.5 Å². The molecule has 0 unspecified atom stereocenters. The van der Waals surface area contributed by atoms with Crippen molar-refractivity contribution in [1.82, 2.24) is 25.1 Å². The van der Waals surface area contributed by atoms with Crippen LogP contribution >= 0.6 is 0 Å². The van der Waals surface area contributed by atoms with Crippen molar-refractivity contribution in [1.29, 1.82) is 0 Å². The third-order valence-corrected chi connectivity index (χ3v) is 5.19. The van der Waals surface area contributed by atoms with Gasteiger partial charge in [0, 0.05) is 14.2 Å². The second kappa shape index (κ2) is 7.31. The van der Waals surface area contributed by atoms with E-state index in [0.717, 1.165) is 42.8 Å². The van der Waals surface area contributed by atoms with Gasteiger partial charge in [0.2, 0.25) is 5.91 Å². The van der Waals surface area contributed by atoms with Gasteiger partial charge < -0.3 is 9.64 Å². The Morgan fingerprint density at radius 2 is 2.00 bits per heavy atom. The molecule has 0 saturated heterocycles. The first kappa shape index (κ1) is 17.5. The third kappa shape index (κ3) is 3.16. The molecule has 7 heteroatoms. The number of ether oxygens (including phenoxy) is 1. The maximum absolute atomic E-state index is 12.6. The van der Waals surface area contributed by atoms with Gasteiger partial charge in [0.15, 0.2) is 5.82 Å². The molecule has 1 aromatic heterocycles. The average Bonchev–Trinajstić information content (AvgIpc) is 3.12. The highest BCUT2D eigenvalue weighted by Crippen LogP contribution is 2.41. The van der Waals surface area contributed by atoms with Crippen LogP contribution in [-0.4, -0.2) is 51.8 Å². The number of aromatic nitrogens is 4. The first-order valence-electron chi connectivity index (χ1n) is 8.70. The largest absolute Gasteiger partial charge is 0.375 e. The number of aryl methyl sites for hydroxylation is 1. The first-order valence-corrected chi connectivity index (χ1v) is 8.70. The fourth-order valence-electron chi connectivity index (χ4n) is 3.75. The summed E-state index contributed by atoms with van der Waals surface area (Å²) in [4.78, 5) is 14.4. The number of methoxy groups -OCH3 is 1. The van der Waals surface area contributed by atoms with Gasteiger partial charge in [-0.25, -0.2) is 0 Å². The van der Waals surface area contributed by atoms with E-state index in [1.165, 1.54) is 13.5 Å². The smallest absolute Gasteiger partial charge is 0.249 e. The maximum atomic E-state index is 12.6. The standard InChI is InChI=1S/C18H25N5O2/c1-14-9-5-6-10-15(14)23-17(19-20-21-23)18(11-7-4-8-12-18)22(2)16(24)13-25-3/h5-6,9-10H,4,7-8,11-13H2,1-3H3. The van der Waals surface area contributed by atoms with E-state index in [0.29, 0.717) is 0 Å². The van der Waals surface area contributed by atoms with Crippen LogP contribution in [0.4, 0.5) is 0 Å². The van der Waals surface area contributed by atoms with Crippen LogP contribution in [0.3, 0.4) is 0 Å². The summed E-state index contributed by atoms with van der Waals surface area (Å²) < 4.78 is 6.85. The minimum absolute atomic E-state index is 0.0521. The Morgan fingerprint density at radius 3 is 2.68 bits per heavy atom. The molecule has 0 radical (unpaired) electrons. The maximum Gasteiger partial charge on any atom is 0.249 e. The second-order valence-electron chi connectivity index (χ2n) is 6.68. The molecule has 2 aromatic rings. The molecular weight excluding hydrogens is 318 g/mol. The number of hydrogen-bond acceptors (Lipinski definition) is 5. The van der Waals surface area contributed by atoms with Crippen LogP contribution < -0.4 is 0 Å². The van der Waals surface area contributed by atoms with E-state index < -0.39 is 5.54 Å². The number of amides is 1. The molecule has 25 heavy (non-hydrogen) atoms. The number of carbonyl (C=O) groups is 1. The number of tetrazole rings is 1. The molecule has 1 fully saturated rings. The molecule has 3 rings (SSSR count). The van der Waals surface area contributed by atoms with Crippen molar-refractivity contribution in [3.8, 4) is 5.69 Å². The van der Waals surface area contributed by atoms with Crippen LogP contribution in [0.15, 0.2) is 24.3 Å². The number of carbonyl (C=O) groups excluding carboxylic acids is 1. The molecule has 0 spiro atoms. The van der Waals surface area contributed by atoms with E-state index in [9.17, 15) is 4.79 Å². The van der Waals surface area contributed by atoms with Crippen molar-refractivity contribution in [2.45, 2.75) is 44.6 Å². The van der Waals surface area contributed by atoms with Crippen LogP contribution in [0, 0.1) is 6.92 Å². The van der Waals surface area contributed by atoms with Crippen molar-refractivity contribution >= 4 is 5.91 Å². The van der Waals surface area contributed by atoms with E-state index in [1.807, 2.05) is 38.2 Å². The summed E-state index contributed by atoms with van der Waals surface area (Å²) in [6.45, 7) is 2.10. The average molecular weight is 343 g/mol. The van der Waals surface area contributed by atoms with Gasteiger partial charge >= 0.3 is 0 Å². The van der Waals surface area contributed by atoms with Crippen molar-refractivity contribution in [2.24, 2.45) is 0 Å². The molecule has 7 nitrogen and oxygen atoms in total. The quantitative estimate of drug-likeness (QED) is 0.832. The van der Waals surface area contributed by atoms with Gasteiger partial charge in [0.25, 0.3) is 0 Å². The SMILES string of the molecule is COCC(=O)N(C)C1(c2nnnn2-c2ccccc2C)CCCCC1. The zero-order valence-electron chi connectivity index (χ0n) is 15.1. The number of para-hydroxylation sites is 1. The van der Waals surface area contributed by atoms with Crippen molar-refractivity contribution in [3.05, 3.63) is 35.7 Å². The van der Waals surface area contributed by atoms with Crippen LogP contribution in [0.1, 0.15) is 43.5 Å². The van der Waals surface area contributed by atoms with Gasteiger partial charge in [-0.2, -0.15) is 4.68 Å². The lowest BCUT2D eigenvalue weighted by atomic mass is 9.79. The molecule has 0 bridgehead atoms. The molecule has 0 N–H and O–H groups in total. The second-order valence-corrected chi connectivity index (χ2v) is 6.68. The van der Waals surface area contributed by atoms with Crippen LogP contribution in [0.5, 0.6) is 0 Å². The van der Waals surface area contributed by atoms with Crippen LogP contribution in [-0.2, 0) is 15.1 Å². The Kier molecular flexibility index (Phi) is 5.13. The minimum atomic E-state index is -0.500. The number of benzene rings is 1. The molecule has 1 aliphatic rings. The molecule has 1 aromatic carbocycles. The fraction of sp³-hybridized carbons (Fsp3) is 0.556. The number of rotatable bonds is 5. The summed E-state index contributed by atoms with van der Waals surface area (Å²) in [5.74, 6) is 0.678. The van der Waals surface area contributed by atoms with Gasteiger partial charge in [-0.15, -0.1) is 5.10 Å². The molecule has 134 valence electrons. The molecule has 1 saturated carbocycles. The van der Waals surface area contributed by atoms with Crippen LogP contribution in [0.2, 0.25) is 0 Å². The summed E-state index contributed by atoms with van der Waals surface area (Å²) in [7, 11) is 3.38. The highest BCUT2D eigenvalue weighted by Gasteiger charge is 2.44. The highest BCUT2D eigenvalue weighted by molar-refractivity contribution is 5.78. The molecule has 1 amide bonds. The van der Waals surface area contributed by atoms with E-state index in [4.69, 9.17) is 4.74 Å². The summed E-state index contributed by atoms with van der Waals surface area (Å²) in [5.41, 5.74) is 1.53. The van der Waals surface area contributed by atoms with E-state index >= 15 is 0 Å². The normalized spacial score (nSPS) is 16.6. The fourth-order valence-corrected chi connectivity index (χ4v) is 3.75. The van der Waals surface area contributed by atoms with Crippen molar-refractivity contribution in [3.63, 3.8) is 0 Å². The molecule has 0 atom stereocenters. The number of likely N-dealkylation sites (N-methyl/N-ethyl adjacent to an activating group) is 1. The van der Waals surface area contributed by atoms with Gasteiger partial charge in [0.05, 0.1) is 5.69 Å². The Morgan fingerprint density at radius 1 is 1.28 bits per heavy atom. The van der Waals surface area contributed by atoms with Crippen LogP contribution in [0.25, 0.3) is 5.69 Å². The summed E-state index contributed by atoms with van der Waals surface area (Å²) in [6.07, 6.45) is 4.97. The molecule has 0 aliphatic heterocycles.